The Kier molecular flexibility index (Phi) is 14.0. The van der Waals surface area contributed by atoms with Gasteiger partial charge in [0.05, 0.1) is 41.4 Å². The monoisotopic (exact) mass is 798 g/mol. The Hall–Kier alpha value is -2.38. The summed E-state index contributed by atoms with van der Waals surface area (Å²) in [4.78, 5) is 21.0. The lowest BCUT2D eigenvalue weighted by Gasteiger charge is -2.41. The fourth-order valence-corrected chi connectivity index (χ4v) is 10.5. The molecule has 6 atom stereocenters. The lowest BCUT2D eigenvalue weighted by molar-refractivity contribution is -0.00718. The molecule has 1 amide bonds. The molecule has 55 heavy (non-hydrogen) atoms. The Morgan fingerprint density at radius 2 is 1.85 bits per heavy atom. The normalized spacial score (nSPS) is 28.8. The number of allylic oxidation sites excluding steroid dienone is 1. The van der Waals surface area contributed by atoms with Gasteiger partial charge in [0.15, 0.2) is 0 Å². The number of nitrogens with one attached hydrogen (secondary N) is 1. The van der Waals surface area contributed by atoms with Crippen LogP contribution in [0.1, 0.15) is 93.1 Å². The summed E-state index contributed by atoms with van der Waals surface area (Å²) in [5.41, 5.74) is 4.17. The van der Waals surface area contributed by atoms with Crippen molar-refractivity contribution in [3.63, 3.8) is 0 Å². The van der Waals surface area contributed by atoms with Gasteiger partial charge in [0.25, 0.3) is 5.91 Å². The maximum absolute atomic E-state index is 15.5. The van der Waals surface area contributed by atoms with Gasteiger partial charge in [-0.15, -0.1) is 0 Å². The largest absolute Gasteiger partial charge is 0.593 e. The highest BCUT2D eigenvalue weighted by Gasteiger charge is 2.36. The minimum absolute atomic E-state index is 0.00420. The van der Waals surface area contributed by atoms with Crippen molar-refractivity contribution in [3.05, 3.63) is 69.5 Å². The fraction of sp³-hybridized carbons (Fsp3) is 0.651. The summed E-state index contributed by atoms with van der Waals surface area (Å²) in [6.07, 6.45) is 9.52. The van der Waals surface area contributed by atoms with E-state index in [9.17, 15) is 9.35 Å². The van der Waals surface area contributed by atoms with Crippen LogP contribution in [0.2, 0.25) is 5.02 Å². The van der Waals surface area contributed by atoms with Crippen molar-refractivity contribution in [3.8, 4) is 5.75 Å². The topological polar surface area (TPSA) is 89.6 Å². The van der Waals surface area contributed by atoms with Crippen LogP contribution in [0.5, 0.6) is 5.75 Å². The Morgan fingerprint density at radius 3 is 2.60 bits per heavy atom. The molecule has 12 heteroatoms. The first-order valence-electron chi connectivity index (χ1n) is 20.8. The SMILES string of the molecule is CCCc1c(C2COc3ccc4cc3N(CCC(CC)C(OCCN3CCN(C5CCOCC5)CC3)C3=C[C@@H](C3)CC(C)[S+]([O-])NC4=O)C2)ccc(Cl)c1F. The van der Waals surface area contributed by atoms with Crippen molar-refractivity contribution in [1.29, 1.82) is 0 Å². The molecule has 5 heterocycles. The molecule has 5 unspecified atom stereocenters. The highest BCUT2D eigenvalue weighted by Crippen LogP contribution is 2.41. The molecule has 9 nitrogen and oxygen atoms in total. The molecule has 1 aliphatic carbocycles. The summed E-state index contributed by atoms with van der Waals surface area (Å²) in [5, 5.41) is -0.0571. The molecule has 0 saturated carbocycles. The lowest BCUT2D eigenvalue weighted by Crippen LogP contribution is -2.52. The number of benzene rings is 2. The number of ether oxygens (including phenoxy) is 3. The van der Waals surface area contributed by atoms with Gasteiger partial charge in [-0.3, -0.25) is 14.6 Å². The van der Waals surface area contributed by atoms with E-state index in [0.717, 1.165) is 102 Å². The highest BCUT2D eigenvalue weighted by molar-refractivity contribution is 7.90. The first-order valence-corrected chi connectivity index (χ1v) is 22.4. The molecule has 6 aliphatic rings. The smallest absolute Gasteiger partial charge is 0.292 e. The maximum Gasteiger partial charge on any atom is 0.292 e. The van der Waals surface area contributed by atoms with Crippen molar-refractivity contribution in [1.82, 2.24) is 14.5 Å². The second-order valence-electron chi connectivity index (χ2n) is 16.3. The van der Waals surface area contributed by atoms with Crippen molar-refractivity contribution in [2.24, 2.45) is 11.8 Å². The summed E-state index contributed by atoms with van der Waals surface area (Å²) in [5.74, 6) is 0.441. The predicted octanol–water partition coefficient (Wildman–Crippen LogP) is 7.14. The summed E-state index contributed by atoms with van der Waals surface area (Å²) in [7, 11) is 0. The average Bonchev–Trinajstić information content (AvgIpc) is 3.36. The number of rotatable bonds is 9. The zero-order valence-electron chi connectivity index (χ0n) is 32.9. The van der Waals surface area contributed by atoms with E-state index in [1.165, 1.54) is 5.57 Å². The number of piperazine rings is 1. The van der Waals surface area contributed by atoms with Crippen LogP contribution >= 0.6 is 11.6 Å². The number of amides is 1. The van der Waals surface area contributed by atoms with Crippen LogP contribution in [-0.2, 0) is 27.3 Å². The summed E-state index contributed by atoms with van der Waals surface area (Å²) >= 11 is 4.75. The van der Waals surface area contributed by atoms with Crippen LogP contribution in [0.3, 0.4) is 0 Å². The second kappa shape index (κ2) is 18.9. The molecular formula is C43H60ClFN4O5S. The Balaban J connectivity index is 1.12. The number of nitrogens with zero attached hydrogens (tertiary/aromatic N) is 3. The van der Waals surface area contributed by atoms with Gasteiger partial charge in [-0.1, -0.05) is 50.4 Å². The average molecular weight is 799 g/mol. The molecule has 0 spiro atoms. The molecule has 302 valence electrons. The molecule has 0 aromatic heterocycles. The van der Waals surface area contributed by atoms with Gasteiger partial charge < -0.3 is 23.7 Å². The van der Waals surface area contributed by atoms with Crippen molar-refractivity contribution >= 4 is 34.6 Å². The quantitative estimate of drug-likeness (QED) is 0.212. The molecule has 2 aromatic carbocycles. The zero-order valence-corrected chi connectivity index (χ0v) is 34.5. The number of halogens is 2. The van der Waals surface area contributed by atoms with Gasteiger partial charge >= 0.3 is 0 Å². The number of anilines is 1. The van der Waals surface area contributed by atoms with Gasteiger partial charge in [0.1, 0.15) is 16.8 Å². The van der Waals surface area contributed by atoms with Gasteiger partial charge in [-0.2, -0.15) is 4.72 Å². The number of hydrogen-bond donors (Lipinski definition) is 1. The first kappa shape index (κ1) is 40.8. The number of fused-ring (bicyclic) bond motifs is 7. The first-order chi connectivity index (χ1) is 26.7. The van der Waals surface area contributed by atoms with E-state index in [1.807, 2.05) is 32.0 Å². The Labute approximate surface area is 335 Å². The summed E-state index contributed by atoms with van der Waals surface area (Å²) in [6, 6.07) is 9.72. The van der Waals surface area contributed by atoms with Crippen LogP contribution in [-0.4, -0.2) is 110 Å². The van der Waals surface area contributed by atoms with Crippen LogP contribution in [0.4, 0.5) is 10.1 Å². The standard InChI is InChI=1S/C43H60ClFN4O5S/c1-4-6-37-36(8-9-38(44)41(37)45)34-27-49-14-11-31(5-2)42(53-22-19-47-15-17-48(18-16-47)35-12-20-52-21-13-35)33-24-30(25-33)23-29(3)55(51)46-43(50)32-7-10-40(54-28-34)39(49)26-32/h7-10,24,26,29-31,34-35,42H,4-6,11-23,25,27-28H2,1-3H3,(H,46,50)/t29?,30-,31?,34?,42?,55?/m0/s1. The highest BCUT2D eigenvalue weighted by atomic mass is 35.5. The molecule has 2 aromatic rings. The number of carbonyl (C=O) groups is 1. The van der Waals surface area contributed by atoms with E-state index < -0.39 is 11.4 Å². The molecular weight excluding hydrogens is 739 g/mol. The summed E-state index contributed by atoms with van der Waals surface area (Å²) < 4.78 is 50.7. The number of carbonyl (C=O) groups excluding carboxylic acids is 1. The predicted molar refractivity (Wildman–Crippen MR) is 218 cm³/mol. The van der Waals surface area contributed by atoms with E-state index in [2.05, 4.69) is 32.4 Å². The molecule has 4 bridgehead atoms. The van der Waals surface area contributed by atoms with E-state index in [1.54, 1.807) is 12.1 Å². The second-order valence-corrected chi connectivity index (χ2v) is 18.3. The third-order valence-corrected chi connectivity index (χ3v) is 14.3. The fourth-order valence-electron chi connectivity index (χ4n) is 9.38. The Bertz CT molecular complexity index is 1650. The van der Waals surface area contributed by atoms with Crippen LogP contribution in [0.15, 0.2) is 42.0 Å². The van der Waals surface area contributed by atoms with E-state index >= 15 is 4.39 Å². The van der Waals surface area contributed by atoms with Crippen LogP contribution in [0.25, 0.3) is 0 Å². The van der Waals surface area contributed by atoms with Gasteiger partial charge in [0.2, 0.25) is 0 Å². The third-order valence-electron chi connectivity index (χ3n) is 12.7. The zero-order chi connectivity index (χ0) is 38.5. The van der Waals surface area contributed by atoms with Crippen LogP contribution < -0.4 is 14.4 Å². The molecule has 8 rings (SSSR count). The molecule has 2 fully saturated rings. The van der Waals surface area contributed by atoms with E-state index in [0.29, 0.717) is 61.6 Å². The van der Waals surface area contributed by atoms with Crippen molar-refractivity contribution in [2.75, 3.05) is 77.1 Å². The Morgan fingerprint density at radius 1 is 1.07 bits per heavy atom. The molecule has 1 N–H and O–H groups in total. The van der Waals surface area contributed by atoms with E-state index in [-0.39, 0.29) is 39.9 Å². The van der Waals surface area contributed by atoms with Gasteiger partial charge in [-0.25, -0.2) is 4.39 Å². The molecule has 0 radical (unpaired) electrons. The third kappa shape index (κ3) is 9.67. The molecule has 2 saturated heterocycles. The van der Waals surface area contributed by atoms with Gasteiger partial charge in [-0.05, 0) is 91.8 Å². The maximum atomic E-state index is 15.5. The van der Waals surface area contributed by atoms with Gasteiger partial charge in [0, 0.05) is 83.0 Å². The number of hydrogen-bond acceptors (Lipinski definition) is 8. The molecule has 5 aliphatic heterocycles. The van der Waals surface area contributed by atoms with Crippen molar-refractivity contribution < 1.29 is 27.9 Å². The van der Waals surface area contributed by atoms with Crippen LogP contribution in [0, 0.1) is 17.7 Å². The van der Waals surface area contributed by atoms with Crippen molar-refractivity contribution in [2.45, 2.75) is 95.5 Å². The minimum atomic E-state index is -1.53. The minimum Gasteiger partial charge on any atom is -0.593 e. The van der Waals surface area contributed by atoms with E-state index in [4.69, 9.17) is 25.8 Å². The summed E-state index contributed by atoms with van der Waals surface area (Å²) in [6.45, 7) is 15.6. The lowest BCUT2D eigenvalue weighted by atomic mass is 9.76.